The van der Waals surface area contributed by atoms with Gasteiger partial charge in [0.1, 0.15) is 5.75 Å². The average molecular weight is 247 g/mol. The maximum absolute atomic E-state index is 5.42. The fraction of sp³-hybridized carbons (Fsp3) is 0.417. The van der Waals surface area contributed by atoms with Gasteiger partial charge >= 0.3 is 0 Å². The first-order chi connectivity index (χ1) is 8.81. The van der Waals surface area contributed by atoms with Crippen LogP contribution >= 0.6 is 0 Å². The minimum absolute atomic E-state index is 0.513. The summed E-state index contributed by atoms with van der Waals surface area (Å²) in [6, 6.07) is 7.91. The fourth-order valence-electron chi connectivity index (χ4n) is 1.61. The van der Waals surface area contributed by atoms with Crippen LogP contribution in [0.15, 0.2) is 24.3 Å². The van der Waals surface area contributed by atoms with Gasteiger partial charge in [-0.1, -0.05) is 12.1 Å². The summed E-state index contributed by atoms with van der Waals surface area (Å²) in [5.74, 6) is 1.58. The molecule has 18 heavy (non-hydrogen) atoms. The second-order valence-corrected chi connectivity index (χ2v) is 3.84. The standard InChI is InChI=1S/C12H17N5O/c1-2-18-11-5-3-10(4-6-11)9-12-14-16-17(15-12)8-7-13/h3-6H,2,7-9,13H2,1H3. The summed E-state index contributed by atoms with van der Waals surface area (Å²) >= 11 is 0. The van der Waals surface area contributed by atoms with Crippen LogP contribution in [-0.2, 0) is 13.0 Å². The molecule has 96 valence electrons. The highest BCUT2D eigenvalue weighted by atomic mass is 16.5. The zero-order valence-corrected chi connectivity index (χ0v) is 10.4. The summed E-state index contributed by atoms with van der Waals surface area (Å²) in [6.45, 7) is 3.75. The van der Waals surface area contributed by atoms with Crippen molar-refractivity contribution in [3.63, 3.8) is 0 Å². The maximum Gasteiger partial charge on any atom is 0.179 e. The minimum Gasteiger partial charge on any atom is -0.494 e. The van der Waals surface area contributed by atoms with Crippen LogP contribution in [0.5, 0.6) is 5.75 Å². The molecule has 0 unspecified atom stereocenters. The number of nitrogens with two attached hydrogens (primary N) is 1. The van der Waals surface area contributed by atoms with E-state index in [-0.39, 0.29) is 0 Å². The van der Waals surface area contributed by atoms with Crippen LogP contribution in [0.3, 0.4) is 0 Å². The van der Waals surface area contributed by atoms with E-state index in [1.807, 2.05) is 31.2 Å². The Morgan fingerprint density at radius 3 is 2.72 bits per heavy atom. The van der Waals surface area contributed by atoms with E-state index in [2.05, 4.69) is 15.4 Å². The maximum atomic E-state index is 5.42. The van der Waals surface area contributed by atoms with Gasteiger partial charge in [0.05, 0.1) is 13.2 Å². The van der Waals surface area contributed by atoms with Gasteiger partial charge in [0.25, 0.3) is 0 Å². The number of nitrogens with zero attached hydrogens (tertiary/aromatic N) is 4. The second kappa shape index (κ2) is 6.11. The smallest absolute Gasteiger partial charge is 0.179 e. The van der Waals surface area contributed by atoms with Crippen molar-refractivity contribution in [1.82, 2.24) is 20.2 Å². The summed E-state index contributed by atoms with van der Waals surface area (Å²) in [7, 11) is 0. The van der Waals surface area contributed by atoms with Gasteiger partial charge in [-0.2, -0.15) is 4.80 Å². The molecule has 6 heteroatoms. The number of hydrogen-bond acceptors (Lipinski definition) is 5. The van der Waals surface area contributed by atoms with E-state index in [1.54, 1.807) is 0 Å². The Kier molecular flexibility index (Phi) is 4.25. The van der Waals surface area contributed by atoms with E-state index >= 15 is 0 Å². The van der Waals surface area contributed by atoms with Gasteiger partial charge < -0.3 is 10.5 Å². The molecule has 0 aliphatic rings. The summed E-state index contributed by atoms with van der Waals surface area (Å²) < 4.78 is 5.39. The SMILES string of the molecule is CCOc1ccc(Cc2nnn(CCN)n2)cc1. The largest absolute Gasteiger partial charge is 0.494 e. The van der Waals surface area contributed by atoms with Gasteiger partial charge in [-0.05, 0) is 29.8 Å². The Bertz CT molecular complexity index is 479. The number of ether oxygens (including phenoxy) is 1. The third-order valence-electron chi connectivity index (χ3n) is 2.42. The van der Waals surface area contributed by atoms with E-state index in [0.29, 0.717) is 31.9 Å². The van der Waals surface area contributed by atoms with E-state index in [4.69, 9.17) is 10.5 Å². The molecule has 0 atom stereocenters. The first-order valence-electron chi connectivity index (χ1n) is 6.00. The van der Waals surface area contributed by atoms with Gasteiger partial charge in [-0.3, -0.25) is 0 Å². The fourth-order valence-corrected chi connectivity index (χ4v) is 1.61. The Morgan fingerprint density at radius 2 is 2.06 bits per heavy atom. The molecule has 2 rings (SSSR count). The Hall–Kier alpha value is -1.95. The number of aromatic nitrogens is 4. The van der Waals surface area contributed by atoms with Crippen LogP contribution in [0.4, 0.5) is 0 Å². The molecule has 2 N–H and O–H groups in total. The van der Waals surface area contributed by atoms with Crippen molar-refractivity contribution >= 4 is 0 Å². The zero-order chi connectivity index (χ0) is 12.8. The highest BCUT2D eigenvalue weighted by Gasteiger charge is 2.04. The lowest BCUT2D eigenvalue weighted by atomic mass is 10.1. The molecule has 1 aromatic heterocycles. The highest BCUT2D eigenvalue weighted by molar-refractivity contribution is 5.28. The molecule has 0 saturated carbocycles. The molecule has 0 fully saturated rings. The Balaban J connectivity index is 1.99. The summed E-state index contributed by atoms with van der Waals surface area (Å²) in [5.41, 5.74) is 6.56. The van der Waals surface area contributed by atoms with Gasteiger partial charge in [0.15, 0.2) is 5.82 Å². The lowest BCUT2D eigenvalue weighted by Gasteiger charge is -2.03. The predicted octanol–water partition coefficient (Wildman–Crippen LogP) is 0.621. The molecule has 0 spiro atoms. The van der Waals surface area contributed by atoms with Crippen molar-refractivity contribution in [2.75, 3.05) is 13.2 Å². The van der Waals surface area contributed by atoms with Crippen molar-refractivity contribution in [3.05, 3.63) is 35.7 Å². The molecule has 6 nitrogen and oxygen atoms in total. The monoisotopic (exact) mass is 247 g/mol. The van der Waals surface area contributed by atoms with E-state index < -0.39 is 0 Å². The Labute approximate surface area is 106 Å². The van der Waals surface area contributed by atoms with Crippen LogP contribution in [0.2, 0.25) is 0 Å². The number of hydrogen-bond donors (Lipinski definition) is 1. The summed E-state index contributed by atoms with van der Waals surface area (Å²) in [5, 5.41) is 12.1. The molecule has 0 radical (unpaired) electrons. The summed E-state index contributed by atoms with van der Waals surface area (Å²) in [4.78, 5) is 1.52. The Morgan fingerprint density at radius 1 is 1.28 bits per heavy atom. The average Bonchev–Trinajstić information content (AvgIpc) is 2.80. The lowest BCUT2D eigenvalue weighted by Crippen LogP contribution is -2.12. The van der Waals surface area contributed by atoms with Crippen LogP contribution in [0, 0.1) is 0 Å². The van der Waals surface area contributed by atoms with Crippen molar-refractivity contribution in [2.24, 2.45) is 5.73 Å². The third-order valence-corrected chi connectivity index (χ3v) is 2.42. The van der Waals surface area contributed by atoms with E-state index in [9.17, 15) is 0 Å². The lowest BCUT2D eigenvalue weighted by molar-refractivity contribution is 0.340. The number of tetrazole rings is 1. The van der Waals surface area contributed by atoms with E-state index in [0.717, 1.165) is 11.3 Å². The normalized spacial score (nSPS) is 10.6. The van der Waals surface area contributed by atoms with Crippen molar-refractivity contribution in [3.8, 4) is 5.75 Å². The first-order valence-corrected chi connectivity index (χ1v) is 6.00. The topological polar surface area (TPSA) is 78.9 Å². The van der Waals surface area contributed by atoms with Gasteiger partial charge in [-0.15, -0.1) is 10.2 Å². The molecular weight excluding hydrogens is 230 g/mol. The molecule has 0 amide bonds. The van der Waals surface area contributed by atoms with Crippen LogP contribution in [0.25, 0.3) is 0 Å². The molecule has 0 aliphatic heterocycles. The zero-order valence-electron chi connectivity index (χ0n) is 10.4. The van der Waals surface area contributed by atoms with Gasteiger partial charge in [0.2, 0.25) is 0 Å². The van der Waals surface area contributed by atoms with Crippen molar-refractivity contribution in [2.45, 2.75) is 19.9 Å². The molecule has 2 aromatic rings. The van der Waals surface area contributed by atoms with Crippen molar-refractivity contribution < 1.29 is 4.74 Å². The minimum atomic E-state index is 0.513. The second-order valence-electron chi connectivity index (χ2n) is 3.84. The van der Waals surface area contributed by atoms with Crippen molar-refractivity contribution in [1.29, 1.82) is 0 Å². The third kappa shape index (κ3) is 3.27. The summed E-state index contributed by atoms with van der Waals surface area (Å²) in [6.07, 6.45) is 0.664. The molecule has 0 aliphatic carbocycles. The number of benzene rings is 1. The quantitative estimate of drug-likeness (QED) is 0.809. The molecule has 0 saturated heterocycles. The molecule has 0 bridgehead atoms. The van der Waals surface area contributed by atoms with Crippen LogP contribution < -0.4 is 10.5 Å². The molecule has 1 heterocycles. The molecule has 1 aromatic carbocycles. The predicted molar refractivity (Wildman–Crippen MR) is 67.3 cm³/mol. The van der Waals surface area contributed by atoms with E-state index in [1.165, 1.54) is 4.80 Å². The van der Waals surface area contributed by atoms with Gasteiger partial charge in [0, 0.05) is 13.0 Å². The number of rotatable bonds is 6. The van der Waals surface area contributed by atoms with Gasteiger partial charge in [-0.25, -0.2) is 0 Å². The van der Waals surface area contributed by atoms with Crippen LogP contribution in [-0.4, -0.2) is 33.4 Å². The van der Waals surface area contributed by atoms with Crippen LogP contribution in [0.1, 0.15) is 18.3 Å². The molecular formula is C12H17N5O. The first kappa shape index (κ1) is 12.5. The highest BCUT2D eigenvalue weighted by Crippen LogP contribution is 2.13.